The number of nitrogens with two attached hydrogens (primary N) is 1. The van der Waals surface area contributed by atoms with Crippen molar-refractivity contribution in [3.63, 3.8) is 0 Å². The van der Waals surface area contributed by atoms with Gasteiger partial charge >= 0.3 is 11.8 Å². The summed E-state index contributed by atoms with van der Waals surface area (Å²) < 4.78 is -0.0581. The van der Waals surface area contributed by atoms with Crippen LogP contribution in [-0.2, 0) is 9.59 Å². The third-order valence-electron chi connectivity index (χ3n) is 3.13. The molecule has 0 spiro atoms. The number of halogens is 1. The van der Waals surface area contributed by atoms with Gasteiger partial charge in [0.05, 0.1) is 22.9 Å². The van der Waals surface area contributed by atoms with E-state index in [0.717, 1.165) is 5.43 Å². The van der Waals surface area contributed by atoms with E-state index in [2.05, 4.69) is 26.7 Å². The van der Waals surface area contributed by atoms with Gasteiger partial charge in [-0.1, -0.05) is 0 Å². The number of nitriles is 1. The zero-order valence-electron chi connectivity index (χ0n) is 12.7. The number of hydrogen-bond acceptors (Lipinski definition) is 6. The van der Waals surface area contributed by atoms with E-state index in [1.54, 1.807) is 0 Å². The lowest BCUT2D eigenvalue weighted by atomic mass is 10.1. The Bertz CT molecular complexity index is 825. The summed E-state index contributed by atoms with van der Waals surface area (Å²) in [4.78, 5) is 36.9. The number of carbonyl (C=O) groups is 3. The molecule has 1 aliphatic rings. The molecule has 0 saturated heterocycles. The van der Waals surface area contributed by atoms with Gasteiger partial charge in [-0.15, -0.1) is 0 Å². The van der Waals surface area contributed by atoms with Crippen LogP contribution >= 0.6 is 15.9 Å². The summed E-state index contributed by atoms with van der Waals surface area (Å²) in [5.74, 6) is -2.03. The standard InChI is InChI=1S/C14H12BrN5O4/c1-20(2)14(24)7-3-6(5-16)4-8(11(7)21)17-10-9(15)12(22)18-19-13(10)23/h3-4,21H,1-2H3,(H,19,23)(H2,17,18,22)/p+1. The van der Waals surface area contributed by atoms with Crippen LogP contribution in [0.3, 0.4) is 0 Å². The van der Waals surface area contributed by atoms with Crippen molar-refractivity contribution in [1.29, 1.82) is 5.26 Å². The lowest BCUT2D eigenvalue weighted by Crippen LogP contribution is -2.99. The Morgan fingerprint density at radius 2 is 2.08 bits per heavy atom. The number of amides is 3. The van der Waals surface area contributed by atoms with Gasteiger partial charge < -0.3 is 15.3 Å². The Morgan fingerprint density at radius 3 is 2.67 bits per heavy atom. The second kappa shape index (κ2) is 6.69. The van der Waals surface area contributed by atoms with Crippen molar-refractivity contribution in [2.24, 2.45) is 0 Å². The van der Waals surface area contributed by atoms with E-state index >= 15 is 0 Å². The van der Waals surface area contributed by atoms with Crippen molar-refractivity contribution < 1.29 is 24.9 Å². The molecule has 0 aromatic heterocycles. The molecule has 0 aliphatic carbocycles. The molecule has 0 saturated carbocycles. The maximum absolute atomic E-state index is 12.1. The van der Waals surface area contributed by atoms with Crippen LogP contribution in [-0.4, -0.2) is 41.8 Å². The molecule has 0 unspecified atom stereocenters. The average molecular weight is 395 g/mol. The van der Waals surface area contributed by atoms with Gasteiger partial charge in [0.1, 0.15) is 4.48 Å². The van der Waals surface area contributed by atoms with Gasteiger partial charge in [0.15, 0.2) is 11.4 Å². The molecule has 1 aromatic rings. The summed E-state index contributed by atoms with van der Waals surface area (Å²) in [7, 11) is 2.99. The number of hydrogen-bond donors (Lipinski definition) is 4. The number of phenols is 1. The van der Waals surface area contributed by atoms with Gasteiger partial charge in [0, 0.05) is 14.1 Å². The van der Waals surface area contributed by atoms with Crippen molar-refractivity contribution >= 4 is 39.3 Å². The van der Waals surface area contributed by atoms with Gasteiger partial charge in [-0.3, -0.25) is 9.59 Å². The molecule has 24 heavy (non-hydrogen) atoms. The van der Waals surface area contributed by atoms with Crippen LogP contribution < -0.4 is 16.2 Å². The molecule has 10 heteroatoms. The largest absolute Gasteiger partial charge is 0.505 e. The first-order valence-electron chi connectivity index (χ1n) is 6.60. The molecule has 3 amide bonds. The summed E-state index contributed by atoms with van der Waals surface area (Å²) in [6, 6.07) is 4.39. The Kier molecular flexibility index (Phi) is 4.87. The summed E-state index contributed by atoms with van der Waals surface area (Å²) in [6.07, 6.45) is 0. The number of nitrogens with zero attached hydrogens (tertiary/aromatic N) is 2. The fraction of sp³-hybridized carbons (Fsp3) is 0.143. The van der Waals surface area contributed by atoms with E-state index in [-0.39, 0.29) is 27.0 Å². The summed E-state index contributed by atoms with van der Waals surface area (Å²) >= 11 is 2.99. The average Bonchev–Trinajstić information content (AvgIpc) is 2.55. The van der Waals surface area contributed by atoms with Gasteiger partial charge in [-0.05, 0) is 28.1 Å². The topological polar surface area (TPSA) is 139 Å². The number of primary amides is 1. The van der Waals surface area contributed by atoms with Gasteiger partial charge in [0.2, 0.25) is 0 Å². The number of benzene rings is 1. The van der Waals surface area contributed by atoms with Crippen molar-refractivity contribution in [2.75, 3.05) is 19.4 Å². The van der Waals surface area contributed by atoms with Crippen LogP contribution in [0.25, 0.3) is 0 Å². The predicted molar refractivity (Wildman–Crippen MR) is 85.5 cm³/mol. The first kappa shape index (κ1) is 17.5. The minimum Gasteiger partial charge on any atom is -0.505 e. The van der Waals surface area contributed by atoms with Crippen LogP contribution in [0.1, 0.15) is 15.9 Å². The number of quaternary nitrogens is 1. The molecular weight excluding hydrogens is 382 g/mol. The van der Waals surface area contributed by atoms with E-state index in [1.807, 2.05) is 6.07 Å². The van der Waals surface area contributed by atoms with Crippen LogP contribution in [0, 0.1) is 11.3 Å². The van der Waals surface area contributed by atoms with E-state index in [0.29, 0.717) is 0 Å². The summed E-state index contributed by atoms with van der Waals surface area (Å²) in [5.41, 5.74) is 3.06. The number of rotatable bonds is 3. The predicted octanol–water partition coefficient (Wildman–Crippen LogP) is -0.881. The highest BCUT2D eigenvalue weighted by molar-refractivity contribution is 9.12. The fourth-order valence-electron chi connectivity index (χ4n) is 1.94. The minimum atomic E-state index is -0.544. The van der Waals surface area contributed by atoms with Crippen molar-refractivity contribution in [3.8, 4) is 11.8 Å². The SMILES string of the molecule is CN(C)C(=O)c1cc(C#N)cc(NC2=C(Br)C(=O)N[NH2+]C2=O)c1O. The molecule has 9 nitrogen and oxygen atoms in total. The van der Waals surface area contributed by atoms with E-state index in [1.165, 1.54) is 31.1 Å². The van der Waals surface area contributed by atoms with Crippen molar-refractivity contribution in [2.45, 2.75) is 0 Å². The number of anilines is 1. The summed E-state index contributed by atoms with van der Waals surface area (Å²) in [5, 5.41) is 22.0. The number of phenolic OH excluding ortho intramolecular Hbond substituents is 1. The third kappa shape index (κ3) is 3.22. The Morgan fingerprint density at radius 1 is 1.42 bits per heavy atom. The molecular formula is C14H13BrN5O4+. The van der Waals surface area contributed by atoms with Crippen LogP contribution in [0.4, 0.5) is 5.69 Å². The quantitative estimate of drug-likeness (QED) is 0.298. The number of carbonyl (C=O) groups excluding carboxylic acids is 3. The molecule has 1 aliphatic heterocycles. The molecule has 5 N–H and O–H groups in total. The second-order valence-electron chi connectivity index (χ2n) is 5.03. The van der Waals surface area contributed by atoms with Gasteiger partial charge in [-0.2, -0.15) is 16.1 Å². The molecule has 1 aromatic carbocycles. The number of nitrogens with one attached hydrogen (secondary N) is 2. The summed E-state index contributed by atoms with van der Waals surface area (Å²) in [6.45, 7) is 0. The third-order valence-corrected chi connectivity index (χ3v) is 3.89. The molecule has 0 fully saturated rings. The Hall–Kier alpha value is -2.90. The molecule has 2 rings (SSSR count). The van der Waals surface area contributed by atoms with Crippen molar-refractivity contribution in [1.82, 2.24) is 10.3 Å². The normalized spacial score (nSPS) is 14.1. The first-order chi connectivity index (χ1) is 11.3. The maximum Gasteiger partial charge on any atom is 0.384 e. The molecule has 124 valence electrons. The lowest BCUT2D eigenvalue weighted by molar-refractivity contribution is -0.612. The zero-order valence-corrected chi connectivity index (χ0v) is 14.3. The highest BCUT2D eigenvalue weighted by atomic mass is 79.9. The highest BCUT2D eigenvalue weighted by Crippen LogP contribution is 2.32. The molecule has 0 atom stereocenters. The zero-order chi connectivity index (χ0) is 18.0. The monoisotopic (exact) mass is 394 g/mol. The highest BCUT2D eigenvalue weighted by Gasteiger charge is 2.30. The first-order valence-corrected chi connectivity index (χ1v) is 7.39. The molecule has 1 heterocycles. The van der Waals surface area contributed by atoms with E-state index in [4.69, 9.17) is 5.26 Å². The Labute approximate surface area is 145 Å². The smallest absolute Gasteiger partial charge is 0.384 e. The molecule has 0 radical (unpaired) electrons. The molecule has 0 bridgehead atoms. The van der Waals surface area contributed by atoms with Gasteiger partial charge in [0.25, 0.3) is 5.91 Å². The minimum absolute atomic E-state index is 0.0392. The fourth-order valence-corrected chi connectivity index (χ4v) is 2.35. The maximum atomic E-state index is 12.1. The number of aromatic hydroxyl groups is 1. The second-order valence-corrected chi connectivity index (χ2v) is 5.82. The van der Waals surface area contributed by atoms with Crippen LogP contribution in [0.2, 0.25) is 0 Å². The van der Waals surface area contributed by atoms with Crippen LogP contribution in [0.5, 0.6) is 5.75 Å². The van der Waals surface area contributed by atoms with E-state index < -0.39 is 23.5 Å². The van der Waals surface area contributed by atoms with Crippen molar-refractivity contribution in [3.05, 3.63) is 33.4 Å². The van der Waals surface area contributed by atoms with E-state index in [9.17, 15) is 19.5 Å². The Balaban J connectivity index is 2.55. The van der Waals surface area contributed by atoms with Crippen LogP contribution in [0.15, 0.2) is 22.3 Å². The lowest BCUT2D eigenvalue weighted by Gasteiger charge is -2.18. The van der Waals surface area contributed by atoms with Gasteiger partial charge in [-0.25, -0.2) is 4.79 Å².